The zero-order valence-corrected chi connectivity index (χ0v) is 17.5. The summed E-state index contributed by atoms with van der Waals surface area (Å²) in [6.45, 7) is 4.83. The van der Waals surface area contributed by atoms with Gasteiger partial charge in [0.15, 0.2) is 0 Å². The van der Waals surface area contributed by atoms with Gasteiger partial charge in [-0.2, -0.15) is 0 Å². The monoisotopic (exact) mass is 417 g/mol. The highest BCUT2D eigenvalue weighted by molar-refractivity contribution is 5.78. The van der Waals surface area contributed by atoms with E-state index in [4.69, 9.17) is 4.74 Å². The van der Waals surface area contributed by atoms with Crippen LogP contribution < -0.4 is 5.32 Å². The van der Waals surface area contributed by atoms with E-state index < -0.39 is 0 Å². The summed E-state index contributed by atoms with van der Waals surface area (Å²) >= 11 is 0. The zero-order valence-electron chi connectivity index (χ0n) is 17.5. The minimum atomic E-state index is -0.292. The van der Waals surface area contributed by atoms with Crippen LogP contribution >= 0.6 is 0 Å². The Morgan fingerprint density at radius 3 is 2.55 bits per heavy atom. The fraction of sp³-hybridized carbons (Fsp3) is 0.208. The highest BCUT2D eigenvalue weighted by Gasteiger charge is 2.18. The molecule has 0 radical (unpaired) electrons. The lowest BCUT2D eigenvalue weighted by Crippen LogP contribution is -2.08. The van der Waals surface area contributed by atoms with Crippen molar-refractivity contribution in [2.75, 3.05) is 11.9 Å². The van der Waals surface area contributed by atoms with Crippen molar-refractivity contribution in [1.82, 2.24) is 20.0 Å². The number of pyridine rings is 1. The van der Waals surface area contributed by atoms with E-state index in [9.17, 15) is 4.39 Å². The molecule has 2 aromatic carbocycles. The molecular weight excluding hydrogens is 393 g/mol. The maximum Gasteiger partial charge on any atom is 0.141 e. The fourth-order valence-electron chi connectivity index (χ4n) is 3.37. The van der Waals surface area contributed by atoms with Crippen LogP contribution in [0.5, 0.6) is 0 Å². The fourth-order valence-corrected chi connectivity index (χ4v) is 3.37. The molecule has 7 heteroatoms. The molecule has 0 saturated heterocycles. The average Bonchev–Trinajstić information content (AvgIpc) is 3.23. The third kappa shape index (κ3) is 4.78. The Kier molecular flexibility index (Phi) is 6.33. The SMILES string of the molecule is CCOCn1nnc(-c2ccnc(N[C@@H](C)c3ccccc3)c2)c1-c1ccc(F)cc1. The van der Waals surface area contributed by atoms with Crippen LogP contribution in [0.25, 0.3) is 22.5 Å². The Hall–Kier alpha value is -3.58. The molecule has 2 aromatic heterocycles. The second-order valence-electron chi connectivity index (χ2n) is 7.12. The molecule has 0 saturated carbocycles. The number of anilines is 1. The first-order valence-electron chi connectivity index (χ1n) is 10.2. The third-order valence-corrected chi connectivity index (χ3v) is 4.97. The van der Waals surface area contributed by atoms with Gasteiger partial charge in [-0.3, -0.25) is 0 Å². The molecule has 0 aliphatic heterocycles. The van der Waals surface area contributed by atoms with E-state index in [0.29, 0.717) is 12.3 Å². The molecule has 0 aliphatic carbocycles. The van der Waals surface area contributed by atoms with Crippen molar-refractivity contribution in [1.29, 1.82) is 0 Å². The van der Waals surface area contributed by atoms with Crippen LogP contribution in [0.15, 0.2) is 72.9 Å². The summed E-state index contributed by atoms with van der Waals surface area (Å²) in [6, 6.07) is 20.4. The number of nitrogens with one attached hydrogen (secondary N) is 1. The van der Waals surface area contributed by atoms with Gasteiger partial charge >= 0.3 is 0 Å². The maximum absolute atomic E-state index is 13.5. The van der Waals surface area contributed by atoms with Crippen LogP contribution in [0.3, 0.4) is 0 Å². The predicted octanol–water partition coefficient (Wildman–Crippen LogP) is 5.31. The molecule has 158 valence electrons. The number of benzene rings is 2. The smallest absolute Gasteiger partial charge is 0.141 e. The van der Waals surface area contributed by atoms with Crippen LogP contribution in [0.1, 0.15) is 25.5 Å². The lowest BCUT2D eigenvalue weighted by molar-refractivity contribution is 0.0790. The van der Waals surface area contributed by atoms with Gasteiger partial charge in [-0.05, 0) is 55.8 Å². The standard InChI is InChI=1S/C24H24FN5O/c1-3-31-16-30-24(19-9-11-21(25)12-10-19)23(28-29-30)20-13-14-26-22(15-20)27-17(2)18-7-5-4-6-8-18/h4-15,17H,3,16H2,1-2H3,(H,26,27)/t17-/m0/s1. The number of ether oxygens (including phenoxy) is 1. The topological polar surface area (TPSA) is 64.9 Å². The van der Waals surface area contributed by atoms with Crippen LogP contribution in [-0.4, -0.2) is 26.6 Å². The Morgan fingerprint density at radius 2 is 1.81 bits per heavy atom. The third-order valence-electron chi connectivity index (χ3n) is 4.97. The summed E-state index contributed by atoms with van der Waals surface area (Å²) in [5.74, 6) is 0.442. The molecule has 0 unspecified atom stereocenters. The minimum Gasteiger partial charge on any atom is -0.364 e. The predicted molar refractivity (Wildman–Crippen MR) is 119 cm³/mol. The van der Waals surface area contributed by atoms with Crippen LogP contribution in [-0.2, 0) is 11.5 Å². The largest absolute Gasteiger partial charge is 0.364 e. The lowest BCUT2D eigenvalue weighted by Gasteiger charge is -2.15. The number of aromatic nitrogens is 4. The summed E-state index contributed by atoms with van der Waals surface area (Å²) in [4.78, 5) is 4.46. The second-order valence-corrected chi connectivity index (χ2v) is 7.12. The van der Waals surface area contributed by atoms with Gasteiger partial charge in [-0.1, -0.05) is 35.5 Å². The number of rotatable bonds is 8. The van der Waals surface area contributed by atoms with Gasteiger partial charge in [0.05, 0.1) is 5.69 Å². The number of hydrogen-bond acceptors (Lipinski definition) is 5. The highest BCUT2D eigenvalue weighted by Crippen LogP contribution is 2.31. The van der Waals surface area contributed by atoms with Crippen molar-refractivity contribution in [3.8, 4) is 22.5 Å². The van der Waals surface area contributed by atoms with Crippen molar-refractivity contribution in [2.24, 2.45) is 0 Å². The molecule has 1 N–H and O–H groups in total. The molecule has 0 spiro atoms. The summed E-state index contributed by atoms with van der Waals surface area (Å²) in [5, 5.41) is 12.1. The van der Waals surface area contributed by atoms with Crippen molar-refractivity contribution < 1.29 is 9.13 Å². The quantitative estimate of drug-likeness (QED) is 0.421. The molecule has 4 aromatic rings. The molecule has 1 atom stereocenters. The van der Waals surface area contributed by atoms with Crippen molar-refractivity contribution in [3.63, 3.8) is 0 Å². The molecule has 0 fully saturated rings. The van der Waals surface area contributed by atoms with Gasteiger partial charge in [0, 0.05) is 30.0 Å². The molecule has 4 rings (SSSR count). The van der Waals surface area contributed by atoms with E-state index in [1.165, 1.54) is 17.7 Å². The Morgan fingerprint density at radius 1 is 1.03 bits per heavy atom. The van der Waals surface area contributed by atoms with E-state index in [0.717, 1.165) is 22.6 Å². The van der Waals surface area contributed by atoms with Gasteiger partial charge in [0.25, 0.3) is 0 Å². The lowest BCUT2D eigenvalue weighted by atomic mass is 10.0. The Balaban J connectivity index is 1.68. The van der Waals surface area contributed by atoms with Gasteiger partial charge in [0.1, 0.15) is 24.1 Å². The number of nitrogens with zero attached hydrogens (tertiary/aromatic N) is 4. The number of halogens is 1. The summed E-state index contributed by atoms with van der Waals surface area (Å²) < 4.78 is 20.7. The van der Waals surface area contributed by atoms with Crippen LogP contribution in [0.4, 0.5) is 10.2 Å². The zero-order chi connectivity index (χ0) is 21.6. The van der Waals surface area contributed by atoms with Gasteiger partial charge in [-0.25, -0.2) is 14.1 Å². The van der Waals surface area contributed by atoms with Crippen LogP contribution in [0.2, 0.25) is 0 Å². The molecule has 6 nitrogen and oxygen atoms in total. The summed E-state index contributed by atoms with van der Waals surface area (Å²) in [5.41, 5.74) is 4.29. The van der Waals surface area contributed by atoms with Gasteiger partial charge in [-0.15, -0.1) is 5.10 Å². The molecule has 31 heavy (non-hydrogen) atoms. The maximum atomic E-state index is 13.5. The van der Waals surface area contributed by atoms with Crippen molar-refractivity contribution in [2.45, 2.75) is 26.6 Å². The first kappa shape index (κ1) is 20.7. The van der Waals surface area contributed by atoms with Gasteiger partial charge in [0.2, 0.25) is 0 Å². The molecule has 0 amide bonds. The second kappa shape index (κ2) is 9.49. The normalized spacial score (nSPS) is 12.0. The van der Waals surface area contributed by atoms with Crippen LogP contribution in [0, 0.1) is 5.82 Å². The van der Waals surface area contributed by atoms with E-state index in [-0.39, 0.29) is 18.6 Å². The van der Waals surface area contributed by atoms with E-state index in [1.54, 1.807) is 23.0 Å². The molecular formula is C24H24FN5O. The summed E-state index contributed by atoms with van der Waals surface area (Å²) in [6.07, 6.45) is 1.74. The number of hydrogen-bond donors (Lipinski definition) is 1. The highest BCUT2D eigenvalue weighted by atomic mass is 19.1. The minimum absolute atomic E-state index is 0.0918. The average molecular weight is 417 g/mol. The first-order valence-corrected chi connectivity index (χ1v) is 10.2. The Bertz CT molecular complexity index is 1130. The van der Waals surface area contributed by atoms with E-state index in [2.05, 4.69) is 39.7 Å². The first-order chi connectivity index (χ1) is 15.2. The van der Waals surface area contributed by atoms with Crippen molar-refractivity contribution in [3.05, 3.63) is 84.3 Å². The Labute approximate surface area is 180 Å². The van der Waals surface area contributed by atoms with Crippen molar-refractivity contribution >= 4 is 5.82 Å². The molecule has 2 heterocycles. The van der Waals surface area contributed by atoms with Gasteiger partial charge < -0.3 is 10.1 Å². The van der Waals surface area contributed by atoms with E-state index >= 15 is 0 Å². The summed E-state index contributed by atoms with van der Waals surface area (Å²) in [7, 11) is 0. The van der Waals surface area contributed by atoms with E-state index in [1.807, 2.05) is 37.3 Å². The molecule has 0 aliphatic rings. The molecule has 0 bridgehead atoms.